The lowest BCUT2D eigenvalue weighted by Gasteiger charge is -2.07. The summed E-state index contributed by atoms with van der Waals surface area (Å²) in [5.41, 5.74) is 0.588. The molecular weight excluding hydrogens is 272 g/mol. The van der Waals surface area contributed by atoms with Crippen molar-refractivity contribution in [3.05, 3.63) is 35.6 Å². The minimum absolute atomic E-state index is 0.0457. The van der Waals surface area contributed by atoms with Crippen LogP contribution < -0.4 is 0 Å². The number of hydrogen-bond donors (Lipinski definition) is 2. The van der Waals surface area contributed by atoms with Crippen molar-refractivity contribution in [3.8, 4) is 17.1 Å². The topological polar surface area (TPSA) is 105 Å². The SMILES string of the molecule is Cc1cc(-c2ccc(C=O)o2)c(O)c(S(=O)(=O)O)c1. The molecule has 0 saturated heterocycles. The van der Waals surface area contributed by atoms with Gasteiger partial charge >= 0.3 is 0 Å². The van der Waals surface area contributed by atoms with Gasteiger partial charge in [-0.05, 0) is 36.8 Å². The van der Waals surface area contributed by atoms with Crippen LogP contribution in [0.3, 0.4) is 0 Å². The van der Waals surface area contributed by atoms with Crippen LogP contribution >= 0.6 is 0 Å². The van der Waals surface area contributed by atoms with E-state index in [0.717, 1.165) is 6.07 Å². The van der Waals surface area contributed by atoms with E-state index in [1.54, 1.807) is 6.92 Å². The number of carbonyl (C=O) groups is 1. The van der Waals surface area contributed by atoms with Crippen LogP contribution in [-0.4, -0.2) is 24.4 Å². The molecule has 0 aliphatic carbocycles. The average Bonchev–Trinajstić information content (AvgIpc) is 2.78. The van der Waals surface area contributed by atoms with Crippen molar-refractivity contribution < 1.29 is 27.3 Å². The highest BCUT2D eigenvalue weighted by atomic mass is 32.2. The first-order chi connectivity index (χ1) is 8.82. The van der Waals surface area contributed by atoms with Crippen molar-refractivity contribution in [2.75, 3.05) is 0 Å². The highest BCUT2D eigenvalue weighted by molar-refractivity contribution is 7.86. The number of hydrogen-bond acceptors (Lipinski definition) is 5. The van der Waals surface area contributed by atoms with Crippen molar-refractivity contribution in [1.29, 1.82) is 0 Å². The van der Waals surface area contributed by atoms with E-state index in [0.29, 0.717) is 11.8 Å². The summed E-state index contributed by atoms with van der Waals surface area (Å²) in [4.78, 5) is 9.93. The Kier molecular flexibility index (Phi) is 3.17. The number of phenols is 1. The van der Waals surface area contributed by atoms with Crippen LogP contribution in [0.2, 0.25) is 0 Å². The van der Waals surface area contributed by atoms with Gasteiger partial charge in [0.05, 0.1) is 5.56 Å². The first-order valence-electron chi connectivity index (χ1n) is 5.19. The number of rotatable bonds is 3. The lowest BCUT2D eigenvalue weighted by Crippen LogP contribution is -2.00. The second kappa shape index (κ2) is 4.52. The minimum Gasteiger partial charge on any atom is -0.506 e. The van der Waals surface area contributed by atoms with Gasteiger partial charge in [0.15, 0.2) is 12.0 Å². The molecule has 0 amide bonds. The molecule has 0 radical (unpaired) electrons. The highest BCUT2D eigenvalue weighted by Crippen LogP contribution is 2.36. The van der Waals surface area contributed by atoms with E-state index >= 15 is 0 Å². The van der Waals surface area contributed by atoms with Crippen LogP contribution in [0.25, 0.3) is 11.3 Å². The zero-order valence-corrected chi connectivity index (χ0v) is 10.6. The summed E-state index contributed by atoms with van der Waals surface area (Å²) in [6, 6.07) is 5.43. The Morgan fingerprint density at radius 3 is 2.47 bits per heavy atom. The van der Waals surface area contributed by atoms with Crippen LogP contribution in [0.15, 0.2) is 33.6 Å². The summed E-state index contributed by atoms with van der Waals surface area (Å²) in [6.07, 6.45) is 0.486. The average molecular weight is 282 g/mol. The largest absolute Gasteiger partial charge is 0.506 e. The van der Waals surface area contributed by atoms with Gasteiger partial charge in [-0.2, -0.15) is 8.42 Å². The monoisotopic (exact) mass is 282 g/mol. The third-order valence-corrected chi connectivity index (χ3v) is 3.37. The molecule has 0 fully saturated rings. The van der Waals surface area contributed by atoms with Gasteiger partial charge in [-0.25, -0.2) is 0 Å². The van der Waals surface area contributed by atoms with Gasteiger partial charge in [0.1, 0.15) is 16.4 Å². The van der Waals surface area contributed by atoms with Gasteiger partial charge in [-0.3, -0.25) is 9.35 Å². The molecule has 100 valence electrons. The Hall–Kier alpha value is -2.12. The van der Waals surface area contributed by atoms with Gasteiger partial charge < -0.3 is 9.52 Å². The lowest BCUT2D eigenvalue weighted by atomic mass is 10.1. The number of benzene rings is 1. The van der Waals surface area contributed by atoms with Gasteiger partial charge in [-0.15, -0.1) is 0 Å². The molecule has 2 rings (SSSR count). The zero-order valence-electron chi connectivity index (χ0n) is 9.82. The quantitative estimate of drug-likeness (QED) is 0.659. The van der Waals surface area contributed by atoms with Crippen LogP contribution in [0.5, 0.6) is 5.75 Å². The van der Waals surface area contributed by atoms with Crippen molar-refractivity contribution >= 4 is 16.4 Å². The smallest absolute Gasteiger partial charge is 0.298 e. The number of aryl methyl sites for hydroxylation is 1. The summed E-state index contributed by atoms with van der Waals surface area (Å²) in [5, 5.41) is 9.90. The van der Waals surface area contributed by atoms with Crippen LogP contribution in [0.4, 0.5) is 0 Å². The Bertz CT molecular complexity index is 742. The van der Waals surface area contributed by atoms with Crippen molar-refractivity contribution in [1.82, 2.24) is 0 Å². The van der Waals surface area contributed by atoms with Gasteiger partial charge in [-0.1, -0.05) is 0 Å². The number of aromatic hydroxyl groups is 1. The standard InChI is InChI=1S/C12H10O6S/c1-7-4-9(10-3-2-8(6-13)18-10)12(14)11(5-7)19(15,16)17/h2-6,14H,1H3,(H,15,16,17). The Labute approximate surface area is 109 Å². The number of aldehydes is 1. The molecule has 2 N–H and O–H groups in total. The summed E-state index contributed by atoms with van der Waals surface area (Å²) < 4.78 is 36.5. The summed E-state index contributed by atoms with van der Waals surface area (Å²) in [5.74, 6) is -0.447. The van der Waals surface area contributed by atoms with E-state index in [9.17, 15) is 18.3 Å². The third kappa shape index (κ3) is 2.51. The van der Waals surface area contributed by atoms with Crippen molar-refractivity contribution in [2.24, 2.45) is 0 Å². The molecule has 1 aromatic heterocycles. The van der Waals surface area contributed by atoms with Crippen LogP contribution in [0.1, 0.15) is 16.1 Å². The van der Waals surface area contributed by atoms with E-state index < -0.39 is 20.8 Å². The van der Waals surface area contributed by atoms with Gasteiger partial charge in [0.25, 0.3) is 10.1 Å². The molecule has 0 atom stereocenters. The maximum absolute atomic E-state index is 11.2. The second-order valence-corrected chi connectivity index (χ2v) is 5.34. The van der Waals surface area contributed by atoms with Crippen molar-refractivity contribution in [2.45, 2.75) is 11.8 Å². The van der Waals surface area contributed by atoms with E-state index in [1.165, 1.54) is 18.2 Å². The molecule has 6 nitrogen and oxygen atoms in total. The molecule has 1 heterocycles. The maximum atomic E-state index is 11.2. The molecule has 0 aliphatic rings. The van der Waals surface area contributed by atoms with E-state index in [-0.39, 0.29) is 17.1 Å². The molecule has 19 heavy (non-hydrogen) atoms. The van der Waals surface area contributed by atoms with Gasteiger partial charge in [0, 0.05) is 0 Å². The summed E-state index contributed by atoms with van der Waals surface area (Å²) >= 11 is 0. The van der Waals surface area contributed by atoms with Crippen molar-refractivity contribution in [3.63, 3.8) is 0 Å². The third-order valence-electron chi connectivity index (χ3n) is 2.51. The highest BCUT2D eigenvalue weighted by Gasteiger charge is 2.21. The molecule has 1 aromatic carbocycles. The zero-order chi connectivity index (χ0) is 14.2. The normalized spacial score (nSPS) is 11.5. The van der Waals surface area contributed by atoms with Crippen LogP contribution in [-0.2, 0) is 10.1 Å². The predicted molar refractivity (Wildman–Crippen MR) is 65.7 cm³/mol. The van der Waals surface area contributed by atoms with Crippen LogP contribution in [0, 0.1) is 6.92 Å². The number of phenolic OH excluding ortho intramolecular Hbond substituents is 1. The Balaban J connectivity index is 2.71. The van der Waals surface area contributed by atoms with E-state index in [4.69, 9.17) is 8.97 Å². The molecule has 7 heteroatoms. The first kappa shape index (κ1) is 13.3. The molecule has 0 aliphatic heterocycles. The molecule has 2 aromatic rings. The second-order valence-electron chi connectivity index (χ2n) is 3.95. The summed E-state index contributed by atoms with van der Waals surface area (Å²) in [7, 11) is -4.55. The predicted octanol–water partition coefficient (Wildman–Crippen LogP) is 2.02. The fraction of sp³-hybridized carbons (Fsp3) is 0.0833. The fourth-order valence-electron chi connectivity index (χ4n) is 1.69. The molecule has 0 spiro atoms. The summed E-state index contributed by atoms with van der Waals surface area (Å²) in [6.45, 7) is 1.60. The molecular formula is C12H10O6S. The first-order valence-corrected chi connectivity index (χ1v) is 6.63. The lowest BCUT2D eigenvalue weighted by molar-refractivity contribution is 0.110. The minimum atomic E-state index is -4.55. The van der Waals surface area contributed by atoms with E-state index in [1.807, 2.05) is 0 Å². The van der Waals surface area contributed by atoms with Gasteiger partial charge in [0.2, 0.25) is 0 Å². The maximum Gasteiger partial charge on any atom is 0.298 e. The Morgan fingerprint density at radius 2 is 1.95 bits per heavy atom. The van der Waals surface area contributed by atoms with E-state index in [2.05, 4.69) is 0 Å². The fourth-order valence-corrected chi connectivity index (χ4v) is 2.38. The molecule has 0 bridgehead atoms. The number of furan rings is 1. The molecule has 0 saturated carbocycles. The molecule has 0 unspecified atom stereocenters. The number of carbonyl (C=O) groups excluding carboxylic acids is 1. The Morgan fingerprint density at radius 1 is 1.26 bits per heavy atom.